The lowest BCUT2D eigenvalue weighted by atomic mass is 10.0. The van der Waals surface area contributed by atoms with Crippen molar-refractivity contribution in [3.05, 3.63) is 0 Å². The maximum absolute atomic E-state index is 14.3. The standard InChI is InChI=1S/C17H33FN2O5.C2H6/c1-6-13(2)16(22)20-11-14(18)17(3,4)25-10-9-24-8-7-19-15(21)12-23-5;1-2/h13-14H,6-12H2,1-5H3,(H,19,21)(H,20,22);1-2H3. The van der Waals surface area contributed by atoms with Crippen LogP contribution in [0.4, 0.5) is 4.39 Å². The predicted octanol–water partition coefficient (Wildman–Crippen LogP) is 2.09. The molecule has 0 aliphatic carbocycles. The van der Waals surface area contributed by atoms with Crippen molar-refractivity contribution in [1.82, 2.24) is 10.6 Å². The number of rotatable bonds is 14. The molecule has 0 spiro atoms. The van der Waals surface area contributed by atoms with Crippen LogP contribution in [0.15, 0.2) is 0 Å². The molecule has 7 nitrogen and oxygen atoms in total. The van der Waals surface area contributed by atoms with Gasteiger partial charge in [-0.25, -0.2) is 4.39 Å². The Bertz CT molecular complexity index is 394. The highest BCUT2D eigenvalue weighted by Gasteiger charge is 2.31. The summed E-state index contributed by atoms with van der Waals surface area (Å²) in [4.78, 5) is 22.8. The van der Waals surface area contributed by atoms with E-state index in [0.717, 1.165) is 0 Å². The van der Waals surface area contributed by atoms with Crippen molar-refractivity contribution in [2.75, 3.05) is 46.6 Å². The summed E-state index contributed by atoms with van der Waals surface area (Å²) in [7, 11) is 1.45. The quantitative estimate of drug-likeness (QED) is 0.441. The van der Waals surface area contributed by atoms with Crippen molar-refractivity contribution < 1.29 is 28.2 Å². The highest BCUT2D eigenvalue weighted by atomic mass is 19.1. The molecule has 0 bridgehead atoms. The summed E-state index contributed by atoms with van der Waals surface area (Å²) in [6.45, 7) is 12.1. The number of carbonyl (C=O) groups is 2. The fourth-order valence-electron chi connectivity index (χ4n) is 1.80. The maximum Gasteiger partial charge on any atom is 0.246 e. The highest BCUT2D eigenvalue weighted by Crippen LogP contribution is 2.17. The Balaban J connectivity index is 0. The summed E-state index contributed by atoms with van der Waals surface area (Å²) in [5, 5.41) is 5.22. The molecule has 0 aromatic rings. The van der Waals surface area contributed by atoms with Gasteiger partial charge in [0.15, 0.2) is 0 Å². The first-order chi connectivity index (χ1) is 12.7. The Hall–Kier alpha value is -1.25. The van der Waals surface area contributed by atoms with E-state index in [1.165, 1.54) is 7.11 Å². The SMILES string of the molecule is CC.CCC(C)C(=O)NCC(F)C(C)(C)OCCOCCNC(=O)COC. The molecule has 0 aromatic heterocycles. The molecule has 0 heterocycles. The Morgan fingerprint density at radius 2 is 1.74 bits per heavy atom. The van der Waals surface area contributed by atoms with E-state index in [9.17, 15) is 14.0 Å². The van der Waals surface area contributed by atoms with Crippen molar-refractivity contribution in [3.63, 3.8) is 0 Å². The van der Waals surface area contributed by atoms with Crippen LogP contribution in [0, 0.1) is 5.92 Å². The molecule has 162 valence electrons. The molecular formula is C19H39FN2O5. The van der Waals surface area contributed by atoms with Crippen LogP contribution in [0.1, 0.15) is 48.0 Å². The zero-order chi connectivity index (χ0) is 21.3. The molecule has 0 aliphatic rings. The Morgan fingerprint density at radius 3 is 2.30 bits per heavy atom. The highest BCUT2D eigenvalue weighted by molar-refractivity contribution is 5.78. The zero-order valence-corrected chi connectivity index (χ0v) is 18.0. The fraction of sp³-hybridized carbons (Fsp3) is 0.895. The van der Waals surface area contributed by atoms with E-state index in [0.29, 0.717) is 19.6 Å². The van der Waals surface area contributed by atoms with Gasteiger partial charge in [-0.05, 0) is 20.3 Å². The normalized spacial score (nSPS) is 13.2. The van der Waals surface area contributed by atoms with E-state index in [1.54, 1.807) is 20.8 Å². The number of hydrogen-bond acceptors (Lipinski definition) is 5. The maximum atomic E-state index is 14.3. The summed E-state index contributed by atoms with van der Waals surface area (Å²) in [6, 6.07) is 0. The first-order valence-corrected chi connectivity index (χ1v) is 9.63. The smallest absolute Gasteiger partial charge is 0.246 e. The summed E-state index contributed by atoms with van der Waals surface area (Å²) < 4.78 is 29.8. The molecule has 0 aliphatic heterocycles. The predicted molar refractivity (Wildman–Crippen MR) is 104 cm³/mol. The molecular weight excluding hydrogens is 355 g/mol. The average Bonchev–Trinajstić information content (AvgIpc) is 2.65. The van der Waals surface area contributed by atoms with Crippen LogP contribution in [0.2, 0.25) is 0 Å². The average molecular weight is 395 g/mol. The number of methoxy groups -OCH3 is 1. The Morgan fingerprint density at radius 1 is 1.11 bits per heavy atom. The van der Waals surface area contributed by atoms with E-state index < -0.39 is 11.8 Å². The first-order valence-electron chi connectivity index (χ1n) is 9.63. The van der Waals surface area contributed by atoms with Gasteiger partial charge in [-0.3, -0.25) is 9.59 Å². The van der Waals surface area contributed by atoms with Gasteiger partial charge in [0.1, 0.15) is 12.8 Å². The molecule has 2 N–H and O–H groups in total. The van der Waals surface area contributed by atoms with E-state index in [-0.39, 0.29) is 44.1 Å². The Labute approximate surface area is 163 Å². The van der Waals surface area contributed by atoms with Crippen LogP contribution in [-0.4, -0.2) is 70.2 Å². The first kappa shape index (κ1) is 28.0. The van der Waals surface area contributed by atoms with Crippen LogP contribution in [0.5, 0.6) is 0 Å². The number of nitrogens with one attached hydrogen (secondary N) is 2. The molecule has 2 unspecified atom stereocenters. The monoisotopic (exact) mass is 394 g/mol. The van der Waals surface area contributed by atoms with Crippen LogP contribution in [-0.2, 0) is 23.8 Å². The minimum Gasteiger partial charge on any atom is -0.377 e. The van der Waals surface area contributed by atoms with Crippen LogP contribution in [0.25, 0.3) is 0 Å². The van der Waals surface area contributed by atoms with E-state index >= 15 is 0 Å². The molecule has 0 rings (SSSR count). The molecule has 0 saturated heterocycles. The molecule has 0 aromatic carbocycles. The van der Waals surface area contributed by atoms with Gasteiger partial charge < -0.3 is 24.8 Å². The van der Waals surface area contributed by atoms with Crippen molar-refractivity contribution >= 4 is 11.8 Å². The van der Waals surface area contributed by atoms with Crippen molar-refractivity contribution in [2.45, 2.75) is 59.7 Å². The summed E-state index contributed by atoms with van der Waals surface area (Å²) in [5.74, 6) is -0.489. The van der Waals surface area contributed by atoms with Crippen LogP contribution in [0.3, 0.4) is 0 Å². The third-order valence-corrected chi connectivity index (χ3v) is 3.82. The number of halogens is 1. The zero-order valence-electron chi connectivity index (χ0n) is 18.0. The number of ether oxygens (including phenoxy) is 3. The number of hydrogen-bond donors (Lipinski definition) is 2. The summed E-state index contributed by atoms with van der Waals surface area (Å²) in [6.07, 6.45) is -0.611. The van der Waals surface area contributed by atoms with Gasteiger partial charge in [0, 0.05) is 19.6 Å². The van der Waals surface area contributed by atoms with E-state index in [1.807, 2.05) is 20.8 Å². The molecule has 2 atom stereocenters. The van der Waals surface area contributed by atoms with Crippen molar-refractivity contribution in [2.24, 2.45) is 5.92 Å². The number of alkyl halides is 1. The van der Waals surface area contributed by atoms with Crippen LogP contribution < -0.4 is 10.6 Å². The molecule has 0 saturated carbocycles. The van der Waals surface area contributed by atoms with Gasteiger partial charge in [-0.2, -0.15) is 0 Å². The molecule has 27 heavy (non-hydrogen) atoms. The summed E-state index contributed by atoms with van der Waals surface area (Å²) in [5.41, 5.74) is -1.03. The Kier molecular flexibility index (Phi) is 17.5. The second kappa shape index (κ2) is 16.9. The van der Waals surface area contributed by atoms with Crippen molar-refractivity contribution in [1.29, 1.82) is 0 Å². The van der Waals surface area contributed by atoms with Gasteiger partial charge in [-0.15, -0.1) is 0 Å². The lowest BCUT2D eigenvalue weighted by Crippen LogP contribution is -2.45. The van der Waals surface area contributed by atoms with Gasteiger partial charge in [0.05, 0.1) is 32.0 Å². The largest absolute Gasteiger partial charge is 0.377 e. The molecule has 0 radical (unpaired) electrons. The second-order valence-electron chi connectivity index (χ2n) is 6.37. The minimum atomic E-state index is -1.33. The molecule has 2 amide bonds. The number of carbonyl (C=O) groups excluding carboxylic acids is 2. The van der Waals surface area contributed by atoms with Gasteiger partial charge in [0.25, 0.3) is 0 Å². The van der Waals surface area contributed by atoms with E-state index in [2.05, 4.69) is 15.4 Å². The summed E-state index contributed by atoms with van der Waals surface area (Å²) >= 11 is 0. The van der Waals surface area contributed by atoms with Crippen LogP contribution >= 0.6 is 0 Å². The topological polar surface area (TPSA) is 85.9 Å². The second-order valence-corrected chi connectivity index (χ2v) is 6.37. The molecule has 0 fully saturated rings. The van der Waals surface area contributed by atoms with Gasteiger partial charge in [-0.1, -0.05) is 27.7 Å². The van der Waals surface area contributed by atoms with Gasteiger partial charge in [0.2, 0.25) is 11.8 Å². The molecule has 8 heteroatoms. The van der Waals surface area contributed by atoms with E-state index in [4.69, 9.17) is 9.47 Å². The minimum absolute atomic E-state index is 0.0166. The van der Waals surface area contributed by atoms with Gasteiger partial charge >= 0.3 is 0 Å². The lowest BCUT2D eigenvalue weighted by molar-refractivity contribution is -0.126. The third kappa shape index (κ3) is 14.5. The third-order valence-electron chi connectivity index (χ3n) is 3.82. The fourth-order valence-corrected chi connectivity index (χ4v) is 1.80. The number of amides is 2. The lowest BCUT2D eigenvalue weighted by Gasteiger charge is -2.29. The van der Waals surface area contributed by atoms with Crippen molar-refractivity contribution in [3.8, 4) is 0 Å².